The van der Waals surface area contributed by atoms with Crippen LogP contribution in [-0.4, -0.2) is 14.1 Å². The SMILES string of the molecule is Cn1cc(CNCc2ccc([N+](=O)[O-])cc2)c(=O)n(C)c1=O. The van der Waals surface area contributed by atoms with Crippen molar-refractivity contribution in [3.05, 3.63) is 72.5 Å². The van der Waals surface area contributed by atoms with Crippen molar-refractivity contribution in [2.45, 2.75) is 13.1 Å². The van der Waals surface area contributed by atoms with Gasteiger partial charge in [0.15, 0.2) is 0 Å². The number of hydrogen-bond acceptors (Lipinski definition) is 5. The van der Waals surface area contributed by atoms with E-state index in [9.17, 15) is 19.7 Å². The van der Waals surface area contributed by atoms with Crippen molar-refractivity contribution in [1.29, 1.82) is 0 Å². The van der Waals surface area contributed by atoms with Gasteiger partial charge in [-0.3, -0.25) is 19.5 Å². The van der Waals surface area contributed by atoms with Crippen LogP contribution < -0.4 is 16.6 Å². The van der Waals surface area contributed by atoms with Gasteiger partial charge < -0.3 is 9.88 Å². The average Bonchev–Trinajstić information content (AvgIpc) is 2.50. The van der Waals surface area contributed by atoms with Crippen molar-refractivity contribution in [2.24, 2.45) is 14.1 Å². The number of nitrogens with one attached hydrogen (secondary N) is 1. The molecule has 22 heavy (non-hydrogen) atoms. The lowest BCUT2D eigenvalue weighted by Gasteiger charge is -2.08. The number of rotatable bonds is 5. The van der Waals surface area contributed by atoms with E-state index < -0.39 is 4.92 Å². The first kappa shape index (κ1) is 15.6. The number of benzene rings is 1. The number of aromatic nitrogens is 2. The van der Waals surface area contributed by atoms with E-state index in [4.69, 9.17) is 0 Å². The van der Waals surface area contributed by atoms with Gasteiger partial charge >= 0.3 is 5.69 Å². The van der Waals surface area contributed by atoms with Gasteiger partial charge in [0.1, 0.15) is 0 Å². The van der Waals surface area contributed by atoms with E-state index >= 15 is 0 Å². The summed E-state index contributed by atoms with van der Waals surface area (Å²) in [6, 6.07) is 6.18. The molecule has 8 nitrogen and oxygen atoms in total. The first-order chi connectivity index (χ1) is 10.4. The van der Waals surface area contributed by atoms with Crippen LogP contribution in [0.4, 0.5) is 5.69 Å². The second kappa shape index (κ2) is 6.35. The topological polar surface area (TPSA) is 99.2 Å². The maximum Gasteiger partial charge on any atom is 0.330 e. The molecule has 0 saturated carbocycles. The number of hydrogen-bond donors (Lipinski definition) is 1. The largest absolute Gasteiger partial charge is 0.330 e. The lowest BCUT2D eigenvalue weighted by atomic mass is 10.2. The Kier molecular flexibility index (Phi) is 4.52. The molecule has 1 aromatic carbocycles. The second-order valence-electron chi connectivity index (χ2n) is 4.94. The molecular weight excluding hydrogens is 288 g/mol. The summed E-state index contributed by atoms with van der Waals surface area (Å²) >= 11 is 0. The highest BCUT2D eigenvalue weighted by Gasteiger charge is 2.07. The van der Waals surface area contributed by atoms with Crippen molar-refractivity contribution in [2.75, 3.05) is 0 Å². The van der Waals surface area contributed by atoms with E-state index in [1.165, 1.54) is 29.9 Å². The summed E-state index contributed by atoms with van der Waals surface area (Å²) in [6.07, 6.45) is 1.51. The summed E-state index contributed by atoms with van der Waals surface area (Å²) < 4.78 is 2.41. The van der Waals surface area contributed by atoms with Gasteiger partial charge in [-0.05, 0) is 5.56 Å². The lowest BCUT2D eigenvalue weighted by molar-refractivity contribution is -0.384. The maximum absolute atomic E-state index is 11.9. The summed E-state index contributed by atoms with van der Waals surface area (Å²) in [5, 5.41) is 13.6. The summed E-state index contributed by atoms with van der Waals surface area (Å²) in [7, 11) is 3.02. The lowest BCUT2D eigenvalue weighted by Crippen LogP contribution is -2.39. The summed E-state index contributed by atoms with van der Waals surface area (Å²) in [5.41, 5.74) is 0.679. The minimum Gasteiger partial charge on any atom is -0.308 e. The molecule has 0 spiro atoms. The molecule has 0 radical (unpaired) electrons. The molecule has 0 atom stereocenters. The normalized spacial score (nSPS) is 10.6. The summed E-state index contributed by atoms with van der Waals surface area (Å²) in [4.78, 5) is 33.6. The number of aryl methyl sites for hydroxylation is 1. The number of non-ortho nitro benzene ring substituents is 1. The molecule has 2 rings (SSSR count). The Balaban J connectivity index is 2.04. The van der Waals surface area contributed by atoms with Gasteiger partial charge in [-0.1, -0.05) is 12.1 Å². The highest BCUT2D eigenvalue weighted by atomic mass is 16.6. The van der Waals surface area contributed by atoms with Crippen molar-refractivity contribution < 1.29 is 4.92 Å². The van der Waals surface area contributed by atoms with Crippen LogP contribution in [0.5, 0.6) is 0 Å². The first-order valence-electron chi connectivity index (χ1n) is 6.59. The van der Waals surface area contributed by atoms with Gasteiger partial charge in [-0.25, -0.2) is 4.79 Å². The van der Waals surface area contributed by atoms with Crippen molar-refractivity contribution in [3.63, 3.8) is 0 Å². The van der Waals surface area contributed by atoms with Crippen LogP contribution in [0.2, 0.25) is 0 Å². The minimum atomic E-state index is -0.453. The fourth-order valence-corrected chi connectivity index (χ4v) is 2.08. The van der Waals surface area contributed by atoms with E-state index in [1.807, 2.05) is 0 Å². The molecule has 0 saturated heterocycles. The van der Waals surface area contributed by atoms with Crippen LogP contribution in [0.3, 0.4) is 0 Å². The monoisotopic (exact) mass is 304 g/mol. The third-order valence-electron chi connectivity index (χ3n) is 3.31. The van der Waals surface area contributed by atoms with Gasteiger partial charge in [0, 0.05) is 51.1 Å². The Morgan fingerprint density at radius 1 is 1.14 bits per heavy atom. The minimum absolute atomic E-state index is 0.0377. The molecule has 0 bridgehead atoms. The number of nitrogens with zero attached hydrogens (tertiary/aromatic N) is 3. The molecule has 0 aliphatic rings. The molecule has 0 unspecified atom stereocenters. The van der Waals surface area contributed by atoms with Crippen molar-refractivity contribution >= 4 is 5.69 Å². The van der Waals surface area contributed by atoms with Gasteiger partial charge in [0.05, 0.1) is 4.92 Å². The van der Waals surface area contributed by atoms with Crippen LogP contribution in [0.1, 0.15) is 11.1 Å². The average molecular weight is 304 g/mol. The molecule has 0 aliphatic carbocycles. The molecule has 2 aromatic rings. The second-order valence-corrected chi connectivity index (χ2v) is 4.94. The Bertz CT molecular complexity index is 805. The molecule has 1 heterocycles. The highest BCUT2D eigenvalue weighted by Crippen LogP contribution is 2.11. The molecule has 0 fully saturated rings. The van der Waals surface area contributed by atoms with Gasteiger partial charge in [0.2, 0.25) is 0 Å². The van der Waals surface area contributed by atoms with Crippen LogP contribution in [0.25, 0.3) is 0 Å². The van der Waals surface area contributed by atoms with Crippen LogP contribution in [-0.2, 0) is 27.2 Å². The molecule has 0 aliphatic heterocycles. The van der Waals surface area contributed by atoms with Gasteiger partial charge in [-0.15, -0.1) is 0 Å². The van der Waals surface area contributed by atoms with Crippen molar-refractivity contribution in [3.8, 4) is 0 Å². The van der Waals surface area contributed by atoms with Gasteiger partial charge in [0.25, 0.3) is 11.2 Å². The highest BCUT2D eigenvalue weighted by molar-refractivity contribution is 5.32. The van der Waals surface area contributed by atoms with E-state index in [0.29, 0.717) is 18.7 Å². The van der Waals surface area contributed by atoms with Gasteiger partial charge in [-0.2, -0.15) is 0 Å². The quantitative estimate of drug-likeness (QED) is 0.632. The standard InChI is InChI=1S/C14H16N4O4/c1-16-9-11(13(19)17(2)14(16)20)8-15-7-10-3-5-12(6-4-10)18(21)22/h3-6,9,15H,7-8H2,1-2H3. The van der Waals surface area contributed by atoms with Crippen LogP contribution >= 0.6 is 0 Å². The third kappa shape index (κ3) is 3.29. The smallest absolute Gasteiger partial charge is 0.308 e. The molecule has 116 valence electrons. The zero-order valence-electron chi connectivity index (χ0n) is 12.3. The Hall–Kier alpha value is -2.74. The first-order valence-corrected chi connectivity index (χ1v) is 6.59. The molecule has 8 heteroatoms. The maximum atomic E-state index is 11.9. The Labute approximate surface area is 125 Å². The molecule has 0 amide bonds. The molecule has 1 N–H and O–H groups in total. The van der Waals surface area contributed by atoms with E-state index in [0.717, 1.165) is 10.1 Å². The van der Waals surface area contributed by atoms with E-state index in [1.54, 1.807) is 19.2 Å². The van der Waals surface area contributed by atoms with Crippen molar-refractivity contribution in [1.82, 2.24) is 14.5 Å². The zero-order chi connectivity index (χ0) is 16.3. The van der Waals surface area contributed by atoms with Crippen LogP contribution in [0.15, 0.2) is 40.1 Å². The predicted molar refractivity (Wildman–Crippen MR) is 80.6 cm³/mol. The number of nitro groups is 1. The Morgan fingerprint density at radius 3 is 2.36 bits per heavy atom. The fourth-order valence-electron chi connectivity index (χ4n) is 2.08. The van der Waals surface area contributed by atoms with Crippen LogP contribution in [0, 0.1) is 10.1 Å². The third-order valence-corrected chi connectivity index (χ3v) is 3.31. The van der Waals surface area contributed by atoms with E-state index in [-0.39, 0.29) is 16.9 Å². The summed E-state index contributed by atoms with van der Waals surface area (Å²) in [5.74, 6) is 0. The zero-order valence-corrected chi connectivity index (χ0v) is 12.3. The predicted octanol–water partition coefficient (Wildman–Crippen LogP) is 0.282. The number of nitro benzene ring substituents is 1. The molecular formula is C14H16N4O4. The van der Waals surface area contributed by atoms with E-state index in [2.05, 4.69) is 5.32 Å². The fraction of sp³-hybridized carbons (Fsp3) is 0.286. The Morgan fingerprint density at radius 2 is 1.77 bits per heavy atom. The molecule has 1 aromatic heterocycles. The summed E-state index contributed by atoms with van der Waals surface area (Å²) in [6.45, 7) is 0.766.